The molecule has 1 rings (SSSR count). The molecular formula is C12H16F12N4O8S4. The van der Waals surface area contributed by atoms with Crippen molar-refractivity contribution in [3.05, 3.63) is 17.7 Å². The zero-order valence-electron chi connectivity index (χ0n) is 19.3. The number of nitrogens with one attached hydrogen (secondary N) is 2. The van der Waals surface area contributed by atoms with Gasteiger partial charge >= 0.3 is 62.1 Å². The maximum Gasteiger partial charge on any atom is 0.512 e. The highest BCUT2D eigenvalue weighted by atomic mass is 32.3. The number of rotatable bonds is 6. The van der Waals surface area contributed by atoms with E-state index in [-0.39, 0.29) is 0 Å². The average molecular weight is 701 g/mol. The van der Waals surface area contributed by atoms with Crippen LogP contribution >= 0.6 is 0 Å². The Labute approximate surface area is 217 Å². The summed E-state index contributed by atoms with van der Waals surface area (Å²) in [6.07, 6.45) is 4.29. The molecule has 0 radical (unpaired) electrons. The first kappa shape index (κ1) is 40.2. The fraction of sp³-hybridized carbons (Fsp3) is 0.750. The van der Waals surface area contributed by atoms with Gasteiger partial charge in [-0.1, -0.05) is 21.6 Å². The number of alkyl halides is 12. The molecule has 40 heavy (non-hydrogen) atoms. The zero-order chi connectivity index (χ0) is 33.0. The second-order valence-electron chi connectivity index (χ2n) is 6.57. The summed E-state index contributed by atoms with van der Waals surface area (Å²) in [6, 6.07) is 0. The molecule has 0 amide bonds. The highest BCUT2D eigenvalue weighted by Gasteiger charge is 2.56. The lowest BCUT2D eigenvalue weighted by Gasteiger charge is -2.11. The van der Waals surface area contributed by atoms with Gasteiger partial charge in [-0.15, -0.1) is 0 Å². The Morgan fingerprint density at radius 3 is 1.05 bits per heavy atom. The average Bonchev–Trinajstić information content (AvgIpc) is 2.96. The number of sulfonamides is 4. The maximum atomic E-state index is 11.5. The molecule has 0 saturated carbocycles. The summed E-state index contributed by atoms with van der Waals surface area (Å²) in [5.41, 5.74) is -23.3. The summed E-state index contributed by atoms with van der Waals surface area (Å²) >= 11 is 0. The monoisotopic (exact) mass is 700 g/mol. The van der Waals surface area contributed by atoms with Crippen LogP contribution < -0.4 is 8.25 Å². The van der Waals surface area contributed by atoms with Crippen LogP contribution in [-0.4, -0.2) is 65.3 Å². The van der Waals surface area contributed by atoms with E-state index < -0.39 is 70.4 Å². The van der Waals surface area contributed by atoms with E-state index in [2.05, 4.69) is 23.5 Å². The predicted octanol–water partition coefficient (Wildman–Crippen LogP) is 2.23. The van der Waals surface area contributed by atoms with E-state index in [1.165, 1.54) is 12.1 Å². The molecule has 0 saturated heterocycles. The summed E-state index contributed by atoms with van der Waals surface area (Å²) in [7, 11) is -24.3. The molecule has 12 nitrogen and oxygen atoms in total. The van der Waals surface area contributed by atoms with Crippen molar-refractivity contribution < 1.29 is 86.4 Å². The topological polar surface area (TPSA) is 178 Å². The Kier molecular flexibility index (Phi) is 13.0. The minimum absolute atomic E-state index is 0.493. The molecular weight excluding hydrogens is 684 g/mol. The summed E-state index contributed by atoms with van der Waals surface area (Å²) in [4.78, 5) is 4.20. The van der Waals surface area contributed by atoms with Gasteiger partial charge in [0.2, 0.25) is 0 Å². The van der Waals surface area contributed by atoms with Crippen molar-refractivity contribution in [3.63, 3.8) is 0 Å². The number of aryl methyl sites for hydroxylation is 2. The largest absolute Gasteiger partial charge is 0.512 e. The molecule has 0 aromatic carbocycles. The van der Waals surface area contributed by atoms with Gasteiger partial charge in [-0.2, -0.15) is 52.7 Å². The summed E-state index contributed by atoms with van der Waals surface area (Å²) < 4.78 is 219. The first-order chi connectivity index (χ1) is 17.2. The highest BCUT2D eigenvalue weighted by Crippen LogP contribution is 2.28. The summed E-state index contributed by atoms with van der Waals surface area (Å²) in [5, 5.41) is 0. The molecule has 1 aromatic rings. The first-order valence-electron chi connectivity index (χ1n) is 8.96. The van der Waals surface area contributed by atoms with Crippen molar-refractivity contribution >= 4 is 40.1 Å². The highest BCUT2D eigenvalue weighted by molar-refractivity contribution is 8.06. The van der Waals surface area contributed by atoms with Gasteiger partial charge in [0, 0.05) is 18.9 Å². The van der Waals surface area contributed by atoms with Gasteiger partial charge in [0.15, 0.2) is 0 Å². The molecule has 1 aromatic heterocycles. The van der Waals surface area contributed by atoms with Crippen LogP contribution in [0.5, 0.6) is 0 Å². The molecule has 0 unspecified atom stereocenters. The fourth-order valence-corrected chi connectivity index (χ4v) is 5.34. The molecule has 0 atom stereocenters. The van der Waals surface area contributed by atoms with Crippen molar-refractivity contribution in [1.29, 1.82) is 0 Å². The number of hydrogen-bond acceptors (Lipinski definition) is 9. The van der Waals surface area contributed by atoms with Crippen molar-refractivity contribution in [1.82, 2.24) is 17.8 Å². The van der Waals surface area contributed by atoms with Crippen LogP contribution in [0.15, 0.2) is 6.20 Å². The zero-order valence-corrected chi connectivity index (χ0v) is 22.6. The summed E-state index contributed by atoms with van der Waals surface area (Å²) in [5.74, 6) is 1.10. The number of imidazole rings is 1. The van der Waals surface area contributed by atoms with Crippen molar-refractivity contribution in [2.24, 2.45) is 7.05 Å². The molecule has 0 aliphatic rings. The van der Waals surface area contributed by atoms with Crippen LogP contribution in [0.2, 0.25) is 0 Å². The lowest BCUT2D eigenvalue weighted by atomic mass is 10.3. The number of aromatic nitrogens is 2. The Morgan fingerprint density at radius 1 is 0.650 bits per heavy atom. The quantitative estimate of drug-likeness (QED) is 0.421. The second kappa shape index (κ2) is 12.9. The third-order valence-corrected chi connectivity index (χ3v) is 9.43. The Morgan fingerprint density at radius 2 is 0.900 bits per heavy atom. The first-order valence-corrected chi connectivity index (χ1v) is 14.9. The molecule has 1 heterocycles. The SMILES string of the molecule is CCCc1cnc(C)n1C.O=S(=O)(NS(=O)(=O)C(F)(F)F)C(F)(F)F.O=S(=O)(NS(=O)(=O)C(F)(F)F)C(F)(F)F. The van der Waals surface area contributed by atoms with E-state index in [4.69, 9.17) is 0 Å². The van der Waals surface area contributed by atoms with Gasteiger partial charge in [-0.05, 0) is 13.3 Å². The lowest BCUT2D eigenvalue weighted by Crippen LogP contribution is -2.45. The van der Waals surface area contributed by atoms with E-state index in [0.717, 1.165) is 12.2 Å². The molecule has 0 fully saturated rings. The van der Waals surface area contributed by atoms with Gasteiger partial charge < -0.3 is 4.57 Å². The number of halogens is 12. The maximum absolute atomic E-state index is 11.5. The second-order valence-corrected chi connectivity index (χ2v) is 13.8. The number of hydrogen-bond donors (Lipinski definition) is 2. The predicted molar refractivity (Wildman–Crippen MR) is 108 cm³/mol. The van der Waals surface area contributed by atoms with Crippen LogP contribution in [-0.2, 0) is 53.6 Å². The van der Waals surface area contributed by atoms with Crippen LogP contribution in [0.4, 0.5) is 52.7 Å². The Balaban J connectivity index is 0. The van der Waals surface area contributed by atoms with E-state index >= 15 is 0 Å². The smallest absolute Gasteiger partial charge is 0.335 e. The molecule has 0 bridgehead atoms. The molecule has 0 aliphatic heterocycles. The molecule has 2 N–H and O–H groups in total. The van der Waals surface area contributed by atoms with Crippen LogP contribution in [0.3, 0.4) is 0 Å². The van der Waals surface area contributed by atoms with E-state index in [0.29, 0.717) is 0 Å². The van der Waals surface area contributed by atoms with Crippen molar-refractivity contribution in [2.45, 2.75) is 48.7 Å². The molecule has 0 spiro atoms. The van der Waals surface area contributed by atoms with Crippen LogP contribution in [0.1, 0.15) is 24.9 Å². The fourth-order valence-electron chi connectivity index (χ4n) is 1.52. The third-order valence-electron chi connectivity index (χ3n) is 3.48. The van der Waals surface area contributed by atoms with Crippen LogP contribution in [0, 0.1) is 6.92 Å². The number of nitrogens with zero attached hydrogens (tertiary/aromatic N) is 2. The van der Waals surface area contributed by atoms with Gasteiger partial charge in [0.25, 0.3) is 0 Å². The minimum Gasteiger partial charge on any atom is -0.335 e. The van der Waals surface area contributed by atoms with Gasteiger partial charge in [-0.3, -0.25) is 0 Å². The molecule has 28 heteroatoms. The molecule has 240 valence electrons. The van der Waals surface area contributed by atoms with Gasteiger partial charge in [0.05, 0.1) is 0 Å². The normalized spacial score (nSPS) is 14.1. The van der Waals surface area contributed by atoms with Gasteiger partial charge in [-0.25, -0.2) is 38.7 Å². The van der Waals surface area contributed by atoms with Crippen LogP contribution in [0.25, 0.3) is 0 Å². The van der Waals surface area contributed by atoms with E-state index in [1.54, 1.807) is 0 Å². The Bertz CT molecular complexity index is 1250. The Hall–Kier alpha value is -1.91. The van der Waals surface area contributed by atoms with E-state index in [1.807, 2.05) is 13.1 Å². The molecule has 0 aliphatic carbocycles. The minimum atomic E-state index is -6.60. The standard InChI is InChI=1S/C8H14N2.2C2HF6NO4S2/c1-4-5-8-6-9-7(2)10(8)3;2*3-1(4,5)14(10,11)9-15(12,13)2(6,7)8/h6H,4-5H2,1-3H3;2*9H. The third kappa shape index (κ3) is 11.5. The summed E-state index contributed by atoms with van der Waals surface area (Å²) in [6.45, 7) is 4.21. The van der Waals surface area contributed by atoms with Crippen molar-refractivity contribution in [3.8, 4) is 0 Å². The van der Waals surface area contributed by atoms with E-state index in [9.17, 15) is 86.4 Å². The lowest BCUT2D eigenvalue weighted by molar-refractivity contribution is -0.0487. The van der Waals surface area contributed by atoms with Gasteiger partial charge in [0.1, 0.15) is 5.82 Å². The van der Waals surface area contributed by atoms with Crippen molar-refractivity contribution in [2.75, 3.05) is 0 Å².